The maximum absolute atomic E-state index is 13.4. The Balaban J connectivity index is 1.60. The van der Waals surface area contributed by atoms with Crippen molar-refractivity contribution in [3.8, 4) is 16.8 Å². The molecule has 0 saturated heterocycles. The maximum atomic E-state index is 13.4. The normalized spacial score (nSPS) is 11.3. The number of rotatable bonds is 5. The fourth-order valence-electron chi connectivity index (χ4n) is 5.20. The summed E-state index contributed by atoms with van der Waals surface area (Å²) < 4.78 is 6.71. The van der Waals surface area contributed by atoms with Crippen molar-refractivity contribution in [1.29, 1.82) is 0 Å². The zero-order chi connectivity index (χ0) is 27.3. The first-order valence-corrected chi connectivity index (χ1v) is 12.5. The van der Waals surface area contributed by atoms with Gasteiger partial charge in [-0.15, -0.1) is 0 Å². The summed E-state index contributed by atoms with van der Waals surface area (Å²) in [7, 11) is 0. The number of esters is 1. The monoisotopic (exact) mass is 516 g/mol. The molecule has 2 heterocycles. The number of benzene rings is 4. The molecule has 39 heavy (non-hydrogen) atoms. The number of hydrogen-bond donors (Lipinski definition) is 2. The molecule has 2 aromatic heterocycles. The van der Waals surface area contributed by atoms with Crippen LogP contribution in [0.2, 0.25) is 0 Å². The van der Waals surface area contributed by atoms with Gasteiger partial charge in [0.1, 0.15) is 6.33 Å². The number of para-hydroxylation sites is 1. The van der Waals surface area contributed by atoms with E-state index in [0.29, 0.717) is 38.8 Å². The fourth-order valence-corrected chi connectivity index (χ4v) is 5.20. The number of fused-ring (bicyclic) bond motifs is 4. The number of carbonyl (C=O) groups excluding carboxylic acids is 2. The van der Waals surface area contributed by atoms with Gasteiger partial charge in [0.15, 0.2) is 0 Å². The zero-order valence-electron chi connectivity index (χ0n) is 21.3. The Bertz CT molecular complexity index is 2020. The highest BCUT2D eigenvalue weighted by molar-refractivity contribution is 6.20. The van der Waals surface area contributed by atoms with Crippen LogP contribution in [0.15, 0.2) is 83.9 Å². The molecule has 0 unspecified atom stereocenters. The lowest BCUT2D eigenvalue weighted by Gasteiger charge is -2.15. The SMILES string of the molecule is CCOC(=O)c1ccc2c(c1)[nH]c1c(C(N)=O)ccc(-c3cccc(-n4cnc5ccccc5c4=O)c3C)c12. The van der Waals surface area contributed by atoms with Crippen LogP contribution in [0.1, 0.15) is 33.2 Å². The Hall–Kier alpha value is -5.24. The molecule has 0 radical (unpaired) electrons. The lowest BCUT2D eigenvalue weighted by atomic mass is 9.93. The molecule has 0 saturated carbocycles. The number of nitrogens with zero attached hydrogens (tertiary/aromatic N) is 2. The van der Waals surface area contributed by atoms with Crippen molar-refractivity contribution in [3.05, 3.63) is 106 Å². The van der Waals surface area contributed by atoms with Crippen molar-refractivity contribution in [1.82, 2.24) is 14.5 Å². The molecule has 8 nitrogen and oxygen atoms in total. The van der Waals surface area contributed by atoms with E-state index in [2.05, 4.69) is 9.97 Å². The van der Waals surface area contributed by atoms with Gasteiger partial charge in [0.25, 0.3) is 11.5 Å². The molecule has 0 aliphatic carbocycles. The van der Waals surface area contributed by atoms with Crippen molar-refractivity contribution in [2.24, 2.45) is 5.73 Å². The number of primary amides is 1. The van der Waals surface area contributed by atoms with E-state index in [4.69, 9.17) is 10.5 Å². The van der Waals surface area contributed by atoms with Crippen LogP contribution in [0.5, 0.6) is 0 Å². The summed E-state index contributed by atoms with van der Waals surface area (Å²) in [5.74, 6) is -0.991. The highest BCUT2D eigenvalue weighted by Gasteiger charge is 2.20. The van der Waals surface area contributed by atoms with E-state index in [1.165, 1.54) is 0 Å². The van der Waals surface area contributed by atoms with E-state index in [9.17, 15) is 14.4 Å². The van der Waals surface area contributed by atoms with Crippen LogP contribution in [-0.4, -0.2) is 33.0 Å². The van der Waals surface area contributed by atoms with E-state index in [1.54, 1.807) is 42.1 Å². The van der Waals surface area contributed by atoms with Gasteiger partial charge in [-0.25, -0.2) is 9.78 Å². The number of hydrogen-bond acceptors (Lipinski definition) is 5. The Kier molecular flexibility index (Phi) is 5.72. The lowest BCUT2D eigenvalue weighted by Crippen LogP contribution is -2.19. The summed E-state index contributed by atoms with van der Waals surface area (Å²) in [5, 5.41) is 2.15. The molecule has 3 N–H and O–H groups in total. The molecular formula is C31H24N4O4. The molecule has 192 valence electrons. The average Bonchev–Trinajstić information content (AvgIpc) is 3.32. The minimum atomic E-state index is -0.567. The van der Waals surface area contributed by atoms with Crippen LogP contribution in [0.25, 0.3) is 49.5 Å². The molecule has 0 fully saturated rings. The first kappa shape index (κ1) is 24.1. The van der Waals surface area contributed by atoms with Crippen molar-refractivity contribution < 1.29 is 14.3 Å². The van der Waals surface area contributed by atoms with Crippen molar-refractivity contribution in [2.45, 2.75) is 13.8 Å². The Morgan fingerprint density at radius 2 is 1.79 bits per heavy atom. The predicted molar refractivity (Wildman–Crippen MR) is 151 cm³/mol. The number of H-pyrrole nitrogens is 1. The van der Waals surface area contributed by atoms with Gasteiger partial charge in [-0.1, -0.05) is 36.4 Å². The number of carbonyl (C=O) groups is 2. The molecule has 0 aliphatic rings. The standard InChI is InChI=1S/C31H24N4O4/c1-3-39-31(38)18-11-12-21-25(15-18)34-28-23(29(32)36)14-13-20(27(21)28)19-8-6-10-26(17(19)2)35-16-33-24-9-5-4-7-22(24)30(35)37/h4-16,34H,3H2,1-2H3,(H2,32,36). The third kappa shape index (κ3) is 3.85. The third-order valence-corrected chi connectivity index (χ3v) is 7.05. The molecule has 0 spiro atoms. The summed E-state index contributed by atoms with van der Waals surface area (Å²) in [6.07, 6.45) is 1.55. The van der Waals surface area contributed by atoms with E-state index in [0.717, 1.165) is 27.5 Å². The van der Waals surface area contributed by atoms with Crippen LogP contribution >= 0.6 is 0 Å². The second kappa shape index (κ2) is 9.25. The topological polar surface area (TPSA) is 120 Å². The molecule has 0 aliphatic heterocycles. The van der Waals surface area contributed by atoms with Gasteiger partial charge in [0.2, 0.25) is 0 Å². The van der Waals surface area contributed by atoms with E-state index in [-0.39, 0.29) is 12.2 Å². The molecule has 8 heteroatoms. The Morgan fingerprint density at radius 1 is 0.974 bits per heavy atom. The molecule has 6 aromatic rings. The summed E-state index contributed by atoms with van der Waals surface area (Å²) in [6.45, 7) is 3.97. The number of aromatic amines is 1. The first-order valence-electron chi connectivity index (χ1n) is 12.5. The van der Waals surface area contributed by atoms with Crippen LogP contribution in [0.4, 0.5) is 0 Å². The van der Waals surface area contributed by atoms with E-state index in [1.807, 2.05) is 55.5 Å². The highest BCUT2D eigenvalue weighted by Crippen LogP contribution is 2.39. The Morgan fingerprint density at radius 3 is 2.59 bits per heavy atom. The van der Waals surface area contributed by atoms with Crippen LogP contribution < -0.4 is 11.3 Å². The zero-order valence-corrected chi connectivity index (χ0v) is 21.3. The van der Waals surface area contributed by atoms with Crippen molar-refractivity contribution >= 4 is 44.6 Å². The summed E-state index contributed by atoms with van der Waals surface area (Å²) >= 11 is 0. The predicted octanol–water partition coefficient (Wildman–Crippen LogP) is 5.27. The van der Waals surface area contributed by atoms with Crippen LogP contribution in [0.3, 0.4) is 0 Å². The minimum absolute atomic E-state index is 0.159. The summed E-state index contributed by atoms with van der Waals surface area (Å²) in [4.78, 5) is 45.8. The van der Waals surface area contributed by atoms with Gasteiger partial charge in [-0.2, -0.15) is 0 Å². The summed E-state index contributed by atoms with van der Waals surface area (Å²) in [5.41, 5.74) is 11.5. The second-order valence-corrected chi connectivity index (χ2v) is 9.27. The fraction of sp³-hybridized carbons (Fsp3) is 0.0968. The van der Waals surface area contributed by atoms with Crippen molar-refractivity contribution in [2.75, 3.05) is 6.61 Å². The van der Waals surface area contributed by atoms with Gasteiger partial charge in [0, 0.05) is 16.3 Å². The molecular weight excluding hydrogens is 492 g/mol. The average molecular weight is 517 g/mol. The smallest absolute Gasteiger partial charge is 0.338 e. The van der Waals surface area contributed by atoms with Crippen LogP contribution in [0, 0.1) is 6.92 Å². The van der Waals surface area contributed by atoms with Gasteiger partial charge in [-0.3, -0.25) is 14.2 Å². The Labute approximate surface area is 222 Å². The molecule has 0 atom stereocenters. The lowest BCUT2D eigenvalue weighted by molar-refractivity contribution is 0.0526. The number of aromatic nitrogens is 3. The van der Waals surface area contributed by atoms with E-state index < -0.39 is 11.9 Å². The molecule has 1 amide bonds. The minimum Gasteiger partial charge on any atom is -0.462 e. The molecule has 4 aromatic carbocycles. The number of nitrogens with one attached hydrogen (secondary N) is 1. The first-order chi connectivity index (χ1) is 18.9. The van der Waals surface area contributed by atoms with Gasteiger partial charge < -0.3 is 15.5 Å². The van der Waals surface area contributed by atoms with E-state index >= 15 is 0 Å². The number of amides is 1. The second-order valence-electron chi connectivity index (χ2n) is 9.27. The van der Waals surface area contributed by atoms with Crippen molar-refractivity contribution in [3.63, 3.8) is 0 Å². The maximum Gasteiger partial charge on any atom is 0.338 e. The molecule has 6 rings (SSSR count). The van der Waals surface area contributed by atoms with Gasteiger partial charge in [0.05, 0.1) is 39.8 Å². The highest BCUT2D eigenvalue weighted by atomic mass is 16.5. The quantitative estimate of drug-likeness (QED) is 0.303. The number of ether oxygens (including phenoxy) is 1. The largest absolute Gasteiger partial charge is 0.462 e. The van der Waals surface area contributed by atoms with Gasteiger partial charge in [-0.05, 0) is 66.9 Å². The molecule has 0 bridgehead atoms. The third-order valence-electron chi connectivity index (χ3n) is 7.05. The van der Waals surface area contributed by atoms with Crippen LogP contribution in [-0.2, 0) is 4.74 Å². The van der Waals surface area contributed by atoms with Gasteiger partial charge >= 0.3 is 5.97 Å². The summed E-state index contributed by atoms with van der Waals surface area (Å²) in [6, 6.07) is 21.8. The number of nitrogens with two attached hydrogens (primary N) is 1.